The molecule has 0 saturated carbocycles. The van der Waals surface area contributed by atoms with Crippen molar-refractivity contribution in [3.63, 3.8) is 0 Å². The minimum Gasteiger partial charge on any atom is -0.385 e. The first-order chi connectivity index (χ1) is 7.79. The molecular formula is C13H20O2S. The minimum atomic E-state index is -0.790. The van der Waals surface area contributed by atoms with Crippen LogP contribution in [0.2, 0.25) is 0 Å². The summed E-state index contributed by atoms with van der Waals surface area (Å²) in [6.07, 6.45) is 1.79. The molecule has 3 heteroatoms. The van der Waals surface area contributed by atoms with Crippen LogP contribution in [0.1, 0.15) is 30.6 Å². The van der Waals surface area contributed by atoms with Gasteiger partial charge in [0, 0.05) is 30.3 Å². The van der Waals surface area contributed by atoms with Gasteiger partial charge in [0.2, 0.25) is 0 Å². The molecule has 0 aliphatic rings. The van der Waals surface area contributed by atoms with Gasteiger partial charge in [-0.1, -0.05) is 37.3 Å². The summed E-state index contributed by atoms with van der Waals surface area (Å²) in [5.74, 6) is 0.723. The molecule has 0 fully saturated rings. The van der Waals surface area contributed by atoms with Crippen LogP contribution in [0.15, 0.2) is 30.3 Å². The Bertz CT molecular complexity index is 311. The second kappa shape index (κ2) is 7.58. The molecule has 0 unspecified atom stereocenters. The number of methoxy groups -OCH3 is 1. The Labute approximate surface area is 100 Å². The quantitative estimate of drug-likeness (QED) is 0.685. The molecule has 0 N–H and O–H groups in total. The lowest BCUT2D eigenvalue weighted by atomic mass is 10.1. The van der Waals surface area contributed by atoms with E-state index in [-0.39, 0.29) is 5.25 Å². The predicted molar refractivity (Wildman–Crippen MR) is 69.0 cm³/mol. The van der Waals surface area contributed by atoms with Crippen LogP contribution in [0.4, 0.5) is 0 Å². The summed E-state index contributed by atoms with van der Waals surface area (Å²) >= 11 is 0. The van der Waals surface area contributed by atoms with Crippen molar-refractivity contribution in [3.05, 3.63) is 35.9 Å². The first-order valence-corrected chi connectivity index (χ1v) is 7.08. The van der Waals surface area contributed by atoms with Gasteiger partial charge in [0.25, 0.3) is 0 Å². The Kier molecular flexibility index (Phi) is 6.34. The molecule has 0 aromatic heterocycles. The van der Waals surface area contributed by atoms with E-state index in [4.69, 9.17) is 4.74 Å². The second-order valence-electron chi connectivity index (χ2n) is 3.74. The first-order valence-electron chi connectivity index (χ1n) is 5.70. The first kappa shape index (κ1) is 13.4. The van der Waals surface area contributed by atoms with Gasteiger partial charge in [-0.15, -0.1) is 0 Å². The number of rotatable bonds is 7. The Morgan fingerprint density at radius 3 is 2.56 bits per heavy atom. The Balaban J connectivity index is 2.57. The van der Waals surface area contributed by atoms with Crippen LogP contribution in [-0.4, -0.2) is 23.7 Å². The fourth-order valence-electron chi connectivity index (χ4n) is 1.73. The lowest BCUT2D eigenvalue weighted by molar-refractivity contribution is 0.200. The summed E-state index contributed by atoms with van der Waals surface area (Å²) in [5.41, 5.74) is 1.18. The van der Waals surface area contributed by atoms with Gasteiger partial charge in [-0.2, -0.15) is 0 Å². The highest BCUT2D eigenvalue weighted by atomic mass is 32.2. The van der Waals surface area contributed by atoms with Gasteiger partial charge in [-0.3, -0.25) is 4.21 Å². The topological polar surface area (TPSA) is 26.3 Å². The highest BCUT2D eigenvalue weighted by molar-refractivity contribution is 7.85. The zero-order chi connectivity index (χ0) is 11.8. The highest BCUT2D eigenvalue weighted by Gasteiger charge is 2.15. The molecule has 0 spiro atoms. The van der Waals surface area contributed by atoms with Crippen LogP contribution in [0, 0.1) is 0 Å². The van der Waals surface area contributed by atoms with Gasteiger partial charge >= 0.3 is 0 Å². The molecule has 1 aromatic rings. The Hall–Kier alpha value is -0.670. The average Bonchev–Trinajstić information content (AvgIpc) is 2.32. The SMILES string of the molecule is CC[C@@H](c1ccccc1)[S@](=O)CCCOC. The summed E-state index contributed by atoms with van der Waals surface area (Å²) in [5, 5.41) is 0.165. The van der Waals surface area contributed by atoms with Crippen molar-refractivity contribution in [3.8, 4) is 0 Å². The van der Waals surface area contributed by atoms with Crippen LogP contribution >= 0.6 is 0 Å². The van der Waals surface area contributed by atoms with Crippen molar-refractivity contribution in [2.45, 2.75) is 25.0 Å². The molecule has 0 amide bonds. The number of hydrogen-bond acceptors (Lipinski definition) is 2. The fourth-order valence-corrected chi connectivity index (χ4v) is 3.25. The van der Waals surface area contributed by atoms with Crippen LogP contribution in [0.5, 0.6) is 0 Å². The zero-order valence-electron chi connectivity index (χ0n) is 10.0. The van der Waals surface area contributed by atoms with Crippen molar-refractivity contribution in [2.24, 2.45) is 0 Å². The van der Waals surface area contributed by atoms with E-state index in [1.54, 1.807) is 7.11 Å². The highest BCUT2D eigenvalue weighted by Crippen LogP contribution is 2.23. The number of hydrogen-bond donors (Lipinski definition) is 0. The summed E-state index contributed by atoms with van der Waals surface area (Å²) in [4.78, 5) is 0. The third-order valence-corrected chi connectivity index (χ3v) is 4.48. The monoisotopic (exact) mass is 240 g/mol. The van der Waals surface area contributed by atoms with E-state index in [1.807, 2.05) is 18.2 Å². The largest absolute Gasteiger partial charge is 0.385 e. The lowest BCUT2D eigenvalue weighted by Crippen LogP contribution is -2.10. The average molecular weight is 240 g/mol. The smallest absolute Gasteiger partial charge is 0.0594 e. The number of benzene rings is 1. The van der Waals surface area contributed by atoms with Crippen molar-refractivity contribution in [1.82, 2.24) is 0 Å². The van der Waals surface area contributed by atoms with Crippen molar-refractivity contribution < 1.29 is 8.95 Å². The molecule has 2 atom stereocenters. The molecule has 1 rings (SSSR count). The van der Waals surface area contributed by atoms with E-state index >= 15 is 0 Å². The second-order valence-corrected chi connectivity index (χ2v) is 5.48. The van der Waals surface area contributed by atoms with Gasteiger partial charge in [0.1, 0.15) is 0 Å². The third-order valence-electron chi connectivity index (χ3n) is 2.55. The van der Waals surface area contributed by atoms with Gasteiger partial charge in [-0.25, -0.2) is 0 Å². The molecule has 0 bridgehead atoms. The van der Waals surface area contributed by atoms with Crippen LogP contribution in [-0.2, 0) is 15.5 Å². The number of ether oxygens (including phenoxy) is 1. The van der Waals surface area contributed by atoms with E-state index in [0.717, 1.165) is 18.6 Å². The summed E-state index contributed by atoms with van der Waals surface area (Å²) in [6, 6.07) is 10.1. The molecule has 0 aliphatic heterocycles. The normalized spacial score (nSPS) is 14.6. The lowest BCUT2D eigenvalue weighted by Gasteiger charge is -2.14. The summed E-state index contributed by atoms with van der Waals surface area (Å²) in [7, 11) is 0.888. The summed E-state index contributed by atoms with van der Waals surface area (Å²) in [6.45, 7) is 2.78. The zero-order valence-corrected chi connectivity index (χ0v) is 10.8. The molecular weight excluding hydrogens is 220 g/mol. The Morgan fingerprint density at radius 1 is 1.31 bits per heavy atom. The van der Waals surface area contributed by atoms with Crippen LogP contribution < -0.4 is 0 Å². The van der Waals surface area contributed by atoms with E-state index in [9.17, 15) is 4.21 Å². The molecule has 2 nitrogen and oxygen atoms in total. The molecule has 0 saturated heterocycles. The van der Waals surface area contributed by atoms with Gasteiger partial charge in [-0.05, 0) is 18.4 Å². The maximum absolute atomic E-state index is 12.1. The van der Waals surface area contributed by atoms with Gasteiger partial charge in [0.15, 0.2) is 0 Å². The third kappa shape index (κ3) is 4.06. The predicted octanol–water partition coefficient (Wildman–Crippen LogP) is 2.92. The molecule has 0 radical (unpaired) electrons. The maximum Gasteiger partial charge on any atom is 0.0594 e. The summed E-state index contributed by atoms with van der Waals surface area (Å²) < 4.78 is 17.1. The van der Waals surface area contributed by atoms with Crippen molar-refractivity contribution in [2.75, 3.05) is 19.5 Å². The van der Waals surface area contributed by atoms with E-state index in [1.165, 1.54) is 5.56 Å². The molecule has 0 heterocycles. The van der Waals surface area contributed by atoms with E-state index in [2.05, 4.69) is 19.1 Å². The van der Waals surface area contributed by atoms with Gasteiger partial charge in [0.05, 0.1) is 5.25 Å². The van der Waals surface area contributed by atoms with Crippen molar-refractivity contribution in [1.29, 1.82) is 0 Å². The van der Waals surface area contributed by atoms with Crippen LogP contribution in [0.3, 0.4) is 0 Å². The fraction of sp³-hybridized carbons (Fsp3) is 0.538. The van der Waals surface area contributed by atoms with E-state index < -0.39 is 10.8 Å². The molecule has 1 aromatic carbocycles. The van der Waals surface area contributed by atoms with E-state index in [0.29, 0.717) is 6.61 Å². The minimum absolute atomic E-state index is 0.165. The maximum atomic E-state index is 12.1. The molecule has 90 valence electrons. The molecule has 0 aliphatic carbocycles. The molecule has 16 heavy (non-hydrogen) atoms. The van der Waals surface area contributed by atoms with Gasteiger partial charge < -0.3 is 4.74 Å². The van der Waals surface area contributed by atoms with Crippen molar-refractivity contribution >= 4 is 10.8 Å². The van der Waals surface area contributed by atoms with Crippen LogP contribution in [0.25, 0.3) is 0 Å². The Morgan fingerprint density at radius 2 is 2.00 bits per heavy atom. The standard InChI is InChI=1S/C13H20O2S/c1-3-13(12-8-5-4-6-9-12)16(14)11-7-10-15-2/h4-6,8-9,13H,3,7,10-11H2,1-2H3/t13-,16+/m0/s1.